The van der Waals surface area contributed by atoms with Crippen LogP contribution in [0.25, 0.3) is 22.0 Å². The Morgan fingerprint density at radius 3 is 2.53 bits per heavy atom. The van der Waals surface area contributed by atoms with E-state index in [-0.39, 0.29) is 23.7 Å². The topological polar surface area (TPSA) is 77.2 Å². The summed E-state index contributed by atoms with van der Waals surface area (Å²) in [6, 6.07) is 21.9. The first-order chi connectivity index (χ1) is 16.2. The lowest BCUT2D eigenvalue weighted by molar-refractivity contribution is 0.110. The highest BCUT2D eigenvalue weighted by Crippen LogP contribution is 2.33. The minimum Gasteiger partial charge on any atom is -0.489 e. The number of rotatable bonds is 7. The summed E-state index contributed by atoms with van der Waals surface area (Å²) in [6.45, 7) is 0.481. The third-order valence-electron chi connectivity index (χ3n) is 5.18. The molecular formula is C26H19ClFN3O3. The molecule has 0 saturated carbocycles. The van der Waals surface area contributed by atoms with Crippen LogP contribution in [0.4, 0.5) is 15.9 Å². The van der Waals surface area contributed by atoms with Gasteiger partial charge in [-0.1, -0.05) is 30.3 Å². The van der Waals surface area contributed by atoms with Crippen LogP contribution >= 0.6 is 12.4 Å². The number of nitrogens with zero attached hydrogens (tertiary/aromatic N) is 2. The zero-order valence-corrected chi connectivity index (χ0v) is 18.6. The van der Waals surface area contributed by atoms with E-state index in [4.69, 9.17) is 9.15 Å². The first-order valence-electron chi connectivity index (χ1n) is 10.2. The smallest absolute Gasteiger partial charge is 0.185 e. The summed E-state index contributed by atoms with van der Waals surface area (Å²) in [7, 11) is 0. The van der Waals surface area contributed by atoms with Gasteiger partial charge in [0.25, 0.3) is 0 Å². The van der Waals surface area contributed by atoms with Gasteiger partial charge in [0.2, 0.25) is 0 Å². The molecule has 1 N–H and O–H groups in total. The van der Waals surface area contributed by atoms with Gasteiger partial charge in [0.05, 0.1) is 11.8 Å². The largest absolute Gasteiger partial charge is 0.489 e. The van der Waals surface area contributed by atoms with Crippen LogP contribution in [0.2, 0.25) is 0 Å². The molecule has 0 atom stereocenters. The standard InChI is InChI=1S/C26H18FN3O3.ClH/c27-23-13-24-22(12-21(23)20-10-11-32-25(20)14-31)26(29-16-28-24)30-18-6-8-19(9-7-18)33-15-17-4-2-1-3-5-17;/h1-14,16H,15H2,(H,28,29,30);1H. The lowest BCUT2D eigenvalue weighted by atomic mass is 10.0. The Bertz CT molecular complexity index is 1420. The fourth-order valence-corrected chi connectivity index (χ4v) is 3.53. The van der Waals surface area contributed by atoms with Crippen molar-refractivity contribution in [3.63, 3.8) is 0 Å². The number of furan rings is 1. The average molecular weight is 476 g/mol. The van der Waals surface area contributed by atoms with Crippen molar-refractivity contribution in [3.8, 4) is 16.9 Å². The predicted molar refractivity (Wildman–Crippen MR) is 130 cm³/mol. The van der Waals surface area contributed by atoms with Crippen molar-refractivity contribution in [1.82, 2.24) is 9.97 Å². The van der Waals surface area contributed by atoms with E-state index in [1.165, 1.54) is 18.7 Å². The van der Waals surface area contributed by atoms with Gasteiger partial charge in [-0.25, -0.2) is 14.4 Å². The monoisotopic (exact) mass is 475 g/mol. The van der Waals surface area contributed by atoms with Gasteiger partial charge in [-0.3, -0.25) is 4.79 Å². The van der Waals surface area contributed by atoms with E-state index in [2.05, 4.69) is 15.3 Å². The van der Waals surface area contributed by atoms with Crippen molar-refractivity contribution in [2.45, 2.75) is 6.61 Å². The van der Waals surface area contributed by atoms with Crippen molar-refractivity contribution in [3.05, 3.63) is 103 Å². The number of halogens is 2. The molecule has 5 aromatic rings. The summed E-state index contributed by atoms with van der Waals surface area (Å²) in [6.07, 6.45) is 3.28. The van der Waals surface area contributed by atoms with Crippen LogP contribution in [0.3, 0.4) is 0 Å². The van der Waals surface area contributed by atoms with Gasteiger partial charge in [0.1, 0.15) is 30.3 Å². The summed E-state index contributed by atoms with van der Waals surface area (Å²) in [5.74, 6) is 0.806. The van der Waals surface area contributed by atoms with Crippen molar-refractivity contribution in [1.29, 1.82) is 0 Å². The van der Waals surface area contributed by atoms with E-state index in [0.717, 1.165) is 17.0 Å². The molecular weight excluding hydrogens is 457 g/mol. The maximum absolute atomic E-state index is 14.7. The van der Waals surface area contributed by atoms with Crippen LogP contribution in [0.1, 0.15) is 16.1 Å². The molecule has 0 amide bonds. The number of ether oxygens (including phenoxy) is 1. The van der Waals surface area contributed by atoms with Crippen LogP contribution in [-0.4, -0.2) is 16.3 Å². The second-order valence-electron chi connectivity index (χ2n) is 7.31. The van der Waals surface area contributed by atoms with E-state index in [0.29, 0.717) is 35.2 Å². The number of carbonyl (C=O) groups is 1. The number of anilines is 2. The highest BCUT2D eigenvalue weighted by Gasteiger charge is 2.16. The van der Waals surface area contributed by atoms with Crippen LogP contribution in [0, 0.1) is 5.82 Å². The van der Waals surface area contributed by atoms with Crippen LogP contribution in [0.5, 0.6) is 5.75 Å². The number of carbonyl (C=O) groups excluding carboxylic acids is 1. The number of benzene rings is 3. The molecule has 5 rings (SSSR count). The van der Waals surface area contributed by atoms with E-state index in [1.54, 1.807) is 12.1 Å². The fourth-order valence-electron chi connectivity index (χ4n) is 3.53. The number of hydrogen-bond acceptors (Lipinski definition) is 6. The van der Waals surface area contributed by atoms with Crippen molar-refractivity contribution < 1.29 is 18.3 Å². The second kappa shape index (κ2) is 10.1. The van der Waals surface area contributed by atoms with Gasteiger partial charge >= 0.3 is 0 Å². The molecule has 170 valence electrons. The highest BCUT2D eigenvalue weighted by atomic mass is 35.5. The van der Waals surface area contributed by atoms with Crippen molar-refractivity contribution in [2.24, 2.45) is 0 Å². The van der Waals surface area contributed by atoms with E-state index < -0.39 is 5.82 Å². The fraction of sp³-hybridized carbons (Fsp3) is 0.0385. The number of nitrogens with one attached hydrogen (secondary N) is 1. The molecule has 0 aliphatic carbocycles. The van der Waals surface area contributed by atoms with Crippen LogP contribution in [-0.2, 0) is 6.61 Å². The molecule has 0 saturated heterocycles. The Kier molecular flexibility index (Phi) is 6.85. The van der Waals surface area contributed by atoms with Gasteiger partial charge in [-0.15, -0.1) is 12.4 Å². The first kappa shape index (κ1) is 22.9. The molecule has 34 heavy (non-hydrogen) atoms. The summed E-state index contributed by atoms with van der Waals surface area (Å²) in [5, 5.41) is 3.85. The molecule has 0 bridgehead atoms. The van der Waals surface area contributed by atoms with Crippen LogP contribution in [0.15, 0.2) is 89.8 Å². The van der Waals surface area contributed by atoms with E-state index >= 15 is 0 Å². The molecule has 0 aliphatic heterocycles. The van der Waals surface area contributed by atoms with Crippen molar-refractivity contribution >= 4 is 41.1 Å². The summed E-state index contributed by atoms with van der Waals surface area (Å²) in [4.78, 5) is 19.7. The minimum atomic E-state index is -0.503. The minimum absolute atomic E-state index is 0. The Hall–Kier alpha value is -4.23. The zero-order valence-electron chi connectivity index (χ0n) is 17.8. The highest BCUT2D eigenvalue weighted by molar-refractivity contribution is 5.95. The third-order valence-corrected chi connectivity index (χ3v) is 5.18. The Labute approximate surface area is 200 Å². The Balaban J connectivity index is 0.00000274. The van der Waals surface area contributed by atoms with Gasteiger partial charge in [-0.2, -0.15) is 0 Å². The molecule has 2 heterocycles. The SMILES string of the molecule is Cl.O=Cc1occc1-c1cc2c(Nc3ccc(OCc4ccccc4)cc3)ncnc2cc1F. The van der Waals surface area contributed by atoms with Crippen molar-refractivity contribution in [2.75, 3.05) is 5.32 Å². The third kappa shape index (κ3) is 4.74. The summed E-state index contributed by atoms with van der Waals surface area (Å²) >= 11 is 0. The molecule has 0 aliphatic rings. The molecule has 2 aromatic heterocycles. The van der Waals surface area contributed by atoms with Gasteiger partial charge in [0, 0.05) is 28.3 Å². The number of hydrogen-bond donors (Lipinski definition) is 1. The first-order valence-corrected chi connectivity index (χ1v) is 10.2. The van der Waals surface area contributed by atoms with E-state index in [9.17, 15) is 9.18 Å². The number of aldehydes is 1. The molecule has 0 unspecified atom stereocenters. The second-order valence-corrected chi connectivity index (χ2v) is 7.31. The number of fused-ring (bicyclic) bond motifs is 1. The summed E-state index contributed by atoms with van der Waals surface area (Å²) < 4.78 is 25.7. The Morgan fingerprint density at radius 1 is 0.971 bits per heavy atom. The lowest BCUT2D eigenvalue weighted by Crippen LogP contribution is -1.98. The maximum Gasteiger partial charge on any atom is 0.185 e. The predicted octanol–water partition coefficient (Wildman–Crippen LogP) is 6.59. The van der Waals surface area contributed by atoms with Gasteiger partial charge < -0.3 is 14.5 Å². The molecule has 6 nitrogen and oxygen atoms in total. The number of aromatic nitrogens is 2. The van der Waals surface area contributed by atoms with Crippen LogP contribution < -0.4 is 10.1 Å². The lowest BCUT2D eigenvalue weighted by Gasteiger charge is -2.11. The molecule has 0 spiro atoms. The molecule has 3 aromatic carbocycles. The normalized spacial score (nSPS) is 10.5. The Morgan fingerprint density at radius 2 is 1.76 bits per heavy atom. The molecule has 0 fully saturated rings. The zero-order chi connectivity index (χ0) is 22.6. The van der Waals surface area contributed by atoms with Gasteiger partial charge in [0.15, 0.2) is 12.0 Å². The summed E-state index contributed by atoms with van der Waals surface area (Å²) in [5.41, 5.74) is 2.92. The van der Waals surface area contributed by atoms with E-state index in [1.807, 2.05) is 54.6 Å². The molecule has 0 radical (unpaired) electrons. The quantitative estimate of drug-likeness (QED) is 0.268. The average Bonchev–Trinajstić information content (AvgIpc) is 3.33. The van der Waals surface area contributed by atoms with Gasteiger partial charge in [-0.05, 0) is 42.0 Å². The maximum atomic E-state index is 14.7. The molecule has 8 heteroatoms.